The van der Waals surface area contributed by atoms with E-state index >= 15 is 0 Å². The van der Waals surface area contributed by atoms with E-state index in [4.69, 9.17) is 0 Å². The van der Waals surface area contributed by atoms with Gasteiger partial charge in [-0.05, 0) is 31.4 Å². The van der Waals surface area contributed by atoms with Gasteiger partial charge < -0.3 is 4.90 Å². The standard InChI is InChI=1S/C19H25NOS2/c1-15-7-5-6-10-17(15)18(13-19-22-11-12-23-19)20(14-21)16-8-3-2-4-9-16/h5-7,10,13-14,16,19H,2-4,8-9,11-12H2,1H3/b18-13-. The normalized spacial score (nSPS) is 20.7. The van der Waals surface area contributed by atoms with Gasteiger partial charge in [-0.25, -0.2) is 0 Å². The molecule has 1 aliphatic heterocycles. The number of amides is 1. The Kier molecular flexibility index (Phi) is 6.12. The van der Waals surface area contributed by atoms with Crippen LogP contribution in [0.3, 0.4) is 0 Å². The number of benzene rings is 1. The summed E-state index contributed by atoms with van der Waals surface area (Å²) in [7, 11) is 0. The molecule has 1 saturated heterocycles. The summed E-state index contributed by atoms with van der Waals surface area (Å²) >= 11 is 3.98. The van der Waals surface area contributed by atoms with Crippen molar-refractivity contribution in [1.82, 2.24) is 4.90 Å². The van der Waals surface area contributed by atoms with Crippen molar-refractivity contribution in [2.24, 2.45) is 0 Å². The lowest BCUT2D eigenvalue weighted by Gasteiger charge is -2.34. The molecule has 0 radical (unpaired) electrons. The summed E-state index contributed by atoms with van der Waals surface area (Å²) in [5.74, 6) is 2.41. The number of aryl methyl sites for hydroxylation is 1. The molecule has 1 amide bonds. The molecule has 1 aromatic carbocycles. The summed E-state index contributed by atoms with van der Waals surface area (Å²) < 4.78 is 0.468. The fraction of sp³-hybridized carbons (Fsp3) is 0.526. The highest BCUT2D eigenvalue weighted by atomic mass is 32.2. The quantitative estimate of drug-likeness (QED) is 0.704. The number of rotatable bonds is 5. The second-order valence-corrected chi connectivity index (χ2v) is 9.08. The van der Waals surface area contributed by atoms with Crippen molar-refractivity contribution in [2.75, 3.05) is 11.5 Å². The van der Waals surface area contributed by atoms with E-state index in [0.29, 0.717) is 10.6 Å². The van der Waals surface area contributed by atoms with Crippen molar-refractivity contribution >= 4 is 35.6 Å². The van der Waals surface area contributed by atoms with Crippen LogP contribution in [0.1, 0.15) is 43.2 Å². The minimum atomic E-state index is 0.364. The zero-order valence-electron chi connectivity index (χ0n) is 13.7. The Morgan fingerprint density at radius 2 is 1.83 bits per heavy atom. The van der Waals surface area contributed by atoms with Crippen molar-refractivity contribution in [1.29, 1.82) is 0 Å². The van der Waals surface area contributed by atoms with Crippen LogP contribution in [0.4, 0.5) is 0 Å². The van der Waals surface area contributed by atoms with Crippen molar-refractivity contribution in [2.45, 2.75) is 49.7 Å². The Balaban J connectivity index is 1.95. The summed E-state index contributed by atoms with van der Waals surface area (Å²) in [5.41, 5.74) is 3.57. The monoisotopic (exact) mass is 347 g/mol. The van der Waals surface area contributed by atoms with Gasteiger partial charge in [0.25, 0.3) is 0 Å². The SMILES string of the molecule is Cc1ccccc1/C(=C/C1SCCS1)N(C=O)C1CCCCC1. The van der Waals surface area contributed by atoms with E-state index in [-0.39, 0.29) is 0 Å². The van der Waals surface area contributed by atoms with Gasteiger partial charge in [0, 0.05) is 28.8 Å². The fourth-order valence-electron chi connectivity index (χ4n) is 3.48. The average Bonchev–Trinajstić information content (AvgIpc) is 3.09. The van der Waals surface area contributed by atoms with Gasteiger partial charge in [-0.2, -0.15) is 0 Å². The van der Waals surface area contributed by atoms with Crippen LogP contribution in [0.2, 0.25) is 0 Å². The van der Waals surface area contributed by atoms with Crippen molar-refractivity contribution < 1.29 is 4.79 Å². The number of hydrogen-bond acceptors (Lipinski definition) is 3. The molecule has 4 heteroatoms. The van der Waals surface area contributed by atoms with Crippen LogP contribution in [-0.4, -0.2) is 33.4 Å². The first-order valence-corrected chi connectivity index (χ1v) is 10.6. The number of nitrogens with zero attached hydrogens (tertiary/aromatic N) is 1. The van der Waals surface area contributed by atoms with Gasteiger partial charge in [-0.15, -0.1) is 23.5 Å². The molecule has 0 atom stereocenters. The molecule has 0 N–H and O–H groups in total. The van der Waals surface area contributed by atoms with Crippen molar-refractivity contribution in [3.05, 3.63) is 41.5 Å². The highest BCUT2D eigenvalue weighted by Gasteiger charge is 2.26. The van der Waals surface area contributed by atoms with Crippen LogP contribution in [-0.2, 0) is 4.79 Å². The lowest BCUT2D eigenvalue weighted by molar-refractivity contribution is -0.117. The average molecular weight is 348 g/mol. The molecule has 2 aliphatic rings. The fourth-order valence-corrected chi connectivity index (χ4v) is 6.12. The zero-order valence-corrected chi connectivity index (χ0v) is 15.4. The molecule has 1 aromatic rings. The first-order chi connectivity index (χ1) is 11.3. The Labute approximate surface area is 148 Å². The topological polar surface area (TPSA) is 20.3 Å². The molecular weight excluding hydrogens is 322 g/mol. The molecule has 3 rings (SSSR count). The maximum absolute atomic E-state index is 12.0. The molecule has 0 spiro atoms. The van der Waals surface area contributed by atoms with Gasteiger partial charge in [-0.1, -0.05) is 43.5 Å². The summed E-state index contributed by atoms with van der Waals surface area (Å²) in [4.78, 5) is 14.0. The zero-order chi connectivity index (χ0) is 16.1. The minimum Gasteiger partial charge on any atom is -0.312 e. The molecule has 23 heavy (non-hydrogen) atoms. The molecule has 1 heterocycles. The predicted molar refractivity (Wildman–Crippen MR) is 103 cm³/mol. The maximum Gasteiger partial charge on any atom is 0.214 e. The lowest BCUT2D eigenvalue weighted by Crippen LogP contribution is -2.35. The van der Waals surface area contributed by atoms with Crippen molar-refractivity contribution in [3.63, 3.8) is 0 Å². The van der Waals surface area contributed by atoms with Crippen LogP contribution in [0.25, 0.3) is 5.70 Å². The third-order valence-corrected chi connectivity index (χ3v) is 7.61. The van der Waals surface area contributed by atoms with Gasteiger partial charge in [0.05, 0.1) is 4.58 Å². The summed E-state index contributed by atoms with van der Waals surface area (Å²) in [5, 5.41) is 0. The summed E-state index contributed by atoms with van der Waals surface area (Å²) in [6, 6.07) is 8.81. The van der Waals surface area contributed by atoms with Crippen molar-refractivity contribution in [3.8, 4) is 0 Å². The highest BCUT2D eigenvalue weighted by molar-refractivity contribution is 8.20. The minimum absolute atomic E-state index is 0.364. The van der Waals surface area contributed by atoms with Crippen LogP contribution in [0, 0.1) is 6.92 Å². The first kappa shape index (κ1) is 17.0. The molecule has 0 aromatic heterocycles. The summed E-state index contributed by atoms with van der Waals surface area (Å²) in [6.45, 7) is 2.14. The van der Waals surface area contributed by atoms with E-state index in [0.717, 1.165) is 24.9 Å². The largest absolute Gasteiger partial charge is 0.312 e. The Morgan fingerprint density at radius 1 is 1.13 bits per heavy atom. The van der Waals surface area contributed by atoms with Gasteiger partial charge in [0.2, 0.25) is 6.41 Å². The van der Waals surface area contributed by atoms with E-state index < -0.39 is 0 Å². The molecular formula is C19H25NOS2. The molecule has 1 saturated carbocycles. The second kappa shape index (κ2) is 8.29. The van der Waals surface area contributed by atoms with E-state index in [9.17, 15) is 4.79 Å². The Morgan fingerprint density at radius 3 is 2.48 bits per heavy atom. The number of carbonyl (C=O) groups excluding carboxylic acids is 1. The van der Waals surface area contributed by atoms with E-state index in [1.165, 1.54) is 41.9 Å². The van der Waals surface area contributed by atoms with Gasteiger partial charge in [0.15, 0.2) is 0 Å². The molecule has 0 bridgehead atoms. The van der Waals surface area contributed by atoms with Crippen LogP contribution >= 0.6 is 23.5 Å². The van der Waals surface area contributed by atoms with Gasteiger partial charge in [-0.3, -0.25) is 4.79 Å². The smallest absolute Gasteiger partial charge is 0.214 e. The van der Waals surface area contributed by atoms with E-state index in [1.54, 1.807) is 0 Å². The highest BCUT2D eigenvalue weighted by Crippen LogP contribution is 2.37. The van der Waals surface area contributed by atoms with E-state index in [2.05, 4.69) is 37.3 Å². The Hall–Kier alpha value is -0.870. The number of thioether (sulfide) groups is 2. The molecule has 124 valence electrons. The number of hydrogen-bond donors (Lipinski definition) is 0. The third-order valence-electron chi connectivity index (χ3n) is 4.72. The van der Waals surface area contributed by atoms with Gasteiger partial charge in [0.1, 0.15) is 0 Å². The molecule has 2 fully saturated rings. The van der Waals surface area contributed by atoms with Gasteiger partial charge >= 0.3 is 0 Å². The molecule has 1 aliphatic carbocycles. The number of carbonyl (C=O) groups is 1. The second-order valence-electron chi connectivity index (χ2n) is 6.28. The Bertz CT molecular complexity index is 560. The third kappa shape index (κ3) is 4.16. The predicted octanol–water partition coefficient (Wildman–Crippen LogP) is 4.93. The summed E-state index contributed by atoms with van der Waals surface area (Å²) in [6.07, 6.45) is 9.44. The molecule has 2 nitrogen and oxygen atoms in total. The van der Waals surface area contributed by atoms with Crippen LogP contribution in [0.15, 0.2) is 30.3 Å². The first-order valence-electron chi connectivity index (χ1n) is 8.54. The van der Waals surface area contributed by atoms with Crippen LogP contribution < -0.4 is 0 Å². The van der Waals surface area contributed by atoms with Crippen LogP contribution in [0.5, 0.6) is 0 Å². The lowest BCUT2D eigenvalue weighted by atomic mass is 9.93. The van der Waals surface area contributed by atoms with E-state index in [1.807, 2.05) is 28.4 Å². The molecule has 0 unspecified atom stereocenters. The maximum atomic E-state index is 12.0.